The Labute approximate surface area is 117 Å². The number of nitrogens with one attached hydrogen (secondary N) is 1. The van der Waals surface area contributed by atoms with E-state index in [0.29, 0.717) is 5.25 Å². The third-order valence-electron chi connectivity index (χ3n) is 3.73. The van der Waals surface area contributed by atoms with Crippen LogP contribution in [0.3, 0.4) is 0 Å². The van der Waals surface area contributed by atoms with Crippen LogP contribution in [0.4, 0.5) is 0 Å². The molecule has 18 heavy (non-hydrogen) atoms. The fraction of sp³-hybridized carbons (Fsp3) is 0.933. The van der Waals surface area contributed by atoms with E-state index in [0.717, 1.165) is 25.8 Å². The van der Waals surface area contributed by atoms with Gasteiger partial charge >= 0.3 is 0 Å². The first-order valence-corrected chi connectivity index (χ1v) is 8.59. The monoisotopic (exact) mass is 268 g/mol. The van der Waals surface area contributed by atoms with Gasteiger partial charge in [0.15, 0.2) is 0 Å². The van der Waals surface area contributed by atoms with Gasteiger partial charge in [0.2, 0.25) is 0 Å². The Hall–Kier alpha value is -0.200. The third-order valence-corrected chi connectivity index (χ3v) is 5.13. The molecule has 1 rings (SSSR count). The zero-order valence-electron chi connectivity index (χ0n) is 12.0. The van der Waals surface area contributed by atoms with Crippen LogP contribution in [0.5, 0.6) is 0 Å². The van der Waals surface area contributed by atoms with E-state index in [9.17, 15) is 5.26 Å². The van der Waals surface area contributed by atoms with Crippen molar-refractivity contribution in [3.63, 3.8) is 0 Å². The molecule has 1 saturated carbocycles. The van der Waals surface area contributed by atoms with E-state index in [2.05, 4.69) is 37.0 Å². The molecule has 0 spiro atoms. The zero-order chi connectivity index (χ0) is 13.3. The van der Waals surface area contributed by atoms with Crippen molar-refractivity contribution in [3.05, 3.63) is 0 Å². The molecule has 0 aromatic carbocycles. The van der Waals surface area contributed by atoms with Gasteiger partial charge in [-0.15, -0.1) is 0 Å². The first kappa shape index (κ1) is 15.9. The maximum Gasteiger partial charge on any atom is 0.107 e. The van der Waals surface area contributed by atoms with Gasteiger partial charge in [0.1, 0.15) is 5.54 Å². The minimum atomic E-state index is -0.226. The molecule has 0 aliphatic heterocycles. The Balaban J connectivity index is 2.36. The van der Waals surface area contributed by atoms with Crippen molar-refractivity contribution in [2.24, 2.45) is 0 Å². The van der Waals surface area contributed by atoms with Crippen LogP contribution in [-0.2, 0) is 0 Å². The molecule has 0 bridgehead atoms. The Morgan fingerprint density at radius 1 is 1.33 bits per heavy atom. The Morgan fingerprint density at radius 3 is 2.83 bits per heavy atom. The molecule has 0 aromatic heterocycles. The standard InChI is InChI=1S/C15H28N2S/c1-3-5-6-11-18-14-8-7-9-15(12-14,13-16)17-10-4-2/h14,17H,3-12H2,1-2H3. The maximum atomic E-state index is 9.47. The van der Waals surface area contributed by atoms with Crippen molar-refractivity contribution in [2.45, 2.75) is 76.0 Å². The summed E-state index contributed by atoms with van der Waals surface area (Å²) in [5.41, 5.74) is -0.226. The molecular formula is C15H28N2S. The number of nitriles is 1. The Kier molecular flexibility index (Phi) is 7.77. The molecule has 3 heteroatoms. The van der Waals surface area contributed by atoms with Crippen molar-refractivity contribution in [3.8, 4) is 6.07 Å². The van der Waals surface area contributed by atoms with Crippen LogP contribution in [0.1, 0.15) is 65.2 Å². The van der Waals surface area contributed by atoms with Crippen molar-refractivity contribution in [2.75, 3.05) is 12.3 Å². The van der Waals surface area contributed by atoms with E-state index in [1.165, 1.54) is 37.9 Å². The van der Waals surface area contributed by atoms with Crippen LogP contribution in [0.15, 0.2) is 0 Å². The number of hydrogen-bond acceptors (Lipinski definition) is 3. The second kappa shape index (κ2) is 8.82. The highest BCUT2D eigenvalue weighted by Crippen LogP contribution is 2.35. The lowest BCUT2D eigenvalue weighted by atomic mass is 9.82. The Bertz CT molecular complexity index is 262. The van der Waals surface area contributed by atoms with Gasteiger partial charge in [-0.05, 0) is 50.8 Å². The molecule has 0 aromatic rings. The summed E-state index contributed by atoms with van der Waals surface area (Å²) in [6, 6.07) is 2.56. The summed E-state index contributed by atoms with van der Waals surface area (Å²) >= 11 is 2.10. The van der Waals surface area contributed by atoms with Crippen LogP contribution in [-0.4, -0.2) is 23.1 Å². The van der Waals surface area contributed by atoms with Gasteiger partial charge in [0.05, 0.1) is 6.07 Å². The largest absolute Gasteiger partial charge is 0.299 e. The first-order valence-electron chi connectivity index (χ1n) is 7.54. The molecule has 1 fully saturated rings. The highest BCUT2D eigenvalue weighted by molar-refractivity contribution is 7.99. The number of nitrogens with zero attached hydrogens (tertiary/aromatic N) is 1. The van der Waals surface area contributed by atoms with E-state index in [-0.39, 0.29) is 5.54 Å². The summed E-state index contributed by atoms with van der Waals surface area (Å²) in [7, 11) is 0. The minimum absolute atomic E-state index is 0.226. The van der Waals surface area contributed by atoms with E-state index in [4.69, 9.17) is 0 Å². The van der Waals surface area contributed by atoms with E-state index < -0.39 is 0 Å². The van der Waals surface area contributed by atoms with Crippen LogP contribution in [0, 0.1) is 11.3 Å². The topological polar surface area (TPSA) is 35.8 Å². The van der Waals surface area contributed by atoms with Crippen LogP contribution in [0.25, 0.3) is 0 Å². The summed E-state index contributed by atoms with van der Waals surface area (Å²) in [6.07, 6.45) is 9.67. The zero-order valence-corrected chi connectivity index (χ0v) is 12.8. The van der Waals surface area contributed by atoms with Crippen molar-refractivity contribution in [1.82, 2.24) is 5.32 Å². The summed E-state index contributed by atoms with van der Waals surface area (Å²) in [5, 5.41) is 13.7. The molecule has 1 aliphatic rings. The van der Waals surface area contributed by atoms with Gasteiger partial charge in [-0.3, -0.25) is 5.32 Å². The van der Waals surface area contributed by atoms with Crippen molar-refractivity contribution < 1.29 is 0 Å². The highest BCUT2D eigenvalue weighted by Gasteiger charge is 2.35. The SMILES string of the molecule is CCCCCSC1CCCC(C#N)(NCCC)C1. The number of thioether (sulfide) groups is 1. The Morgan fingerprint density at radius 2 is 2.17 bits per heavy atom. The maximum absolute atomic E-state index is 9.47. The molecule has 1 aliphatic carbocycles. The normalized spacial score (nSPS) is 27.9. The van der Waals surface area contributed by atoms with E-state index in [1.54, 1.807) is 0 Å². The van der Waals surface area contributed by atoms with E-state index in [1.807, 2.05) is 0 Å². The molecule has 104 valence electrons. The predicted molar refractivity (Wildman–Crippen MR) is 80.9 cm³/mol. The molecule has 2 unspecified atom stereocenters. The second-order valence-corrected chi connectivity index (χ2v) is 6.83. The number of rotatable bonds is 8. The number of unbranched alkanes of at least 4 members (excludes halogenated alkanes) is 2. The molecule has 2 nitrogen and oxygen atoms in total. The average Bonchev–Trinajstić information content (AvgIpc) is 2.42. The summed E-state index contributed by atoms with van der Waals surface area (Å²) in [5.74, 6) is 1.27. The lowest BCUT2D eigenvalue weighted by molar-refractivity contribution is 0.305. The quantitative estimate of drug-likeness (QED) is 0.673. The van der Waals surface area contributed by atoms with Gasteiger partial charge in [-0.1, -0.05) is 26.7 Å². The van der Waals surface area contributed by atoms with Crippen molar-refractivity contribution in [1.29, 1.82) is 5.26 Å². The fourth-order valence-corrected chi connectivity index (χ4v) is 4.07. The molecule has 0 heterocycles. The molecule has 2 atom stereocenters. The van der Waals surface area contributed by atoms with Crippen LogP contribution >= 0.6 is 11.8 Å². The molecular weight excluding hydrogens is 240 g/mol. The second-order valence-electron chi connectivity index (χ2n) is 5.42. The number of hydrogen-bond donors (Lipinski definition) is 1. The van der Waals surface area contributed by atoms with Crippen LogP contribution in [0.2, 0.25) is 0 Å². The lowest BCUT2D eigenvalue weighted by Gasteiger charge is -2.36. The smallest absolute Gasteiger partial charge is 0.107 e. The summed E-state index contributed by atoms with van der Waals surface area (Å²) in [4.78, 5) is 0. The third kappa shape index (κ3) is 5.20. The first-order chi connectivity index (χ1) is 8.76. The minimum Gasteiger partial charge on any atom is -0.299 e. The van der Waals surface area contributed by atoms with Gasteiger partial charge in [0, 0.05) is 5.25 Å². The molecule has 1 N–H and O–H groups in total. The molecule has 0 radical (unpaired) electrons. The summed E-state index contributed by atoms with van der Waals surface area (Å²) in [6.45, 7) is 5.39. The lowest BCUT2D eigenvalue weighted by Crippen LogP contribution is -2.48. The fourth-order valence-electron chi connectivity index (χ4n) is 2.63. The predicted octanol–water partition coefficient (Wildman–Crippen LogP) is 4.11. The van der Waals surface area contributed by atoms with Gasteiger partial charge < -0.3 is 0 Å². The highest BCUT2D eigenvalue weighted by atomic mass is 32.2. The average molecular weight is 268 g/mol. The summed E-state index contributed by atoms with van der Waals surface area (Å²) < 4.78 is 0. The van der Waals surface area contributed by atoms with Gasteiger partial charge in [-0.2, -0.15) is 17.0 Å². The molecule has 0 saturated heterocycles. The van der Waals surface area contributed by atoms with Gasteiger partial charge in [-0.25, -0.2) is 0 Å². The molecule has 0 amide bonds. The van der Waals surface area contributed by atoms with E-state index >= 15 is 0 Å². The van der Waals surface area contributed by atoms with Crippen molar-refractivity contribution >= 4 is 11.8 Å². The van der Waals surface area contributed by atoms with Crippen LogP contribution < -0.4 is 5.32 Å². The van der Waals surface area contributed by atoms with Gasteiger partial charge in [0.25, 0.3) is 0 Å².